The largest absolute Gasteiger partial charge is 0.337 e. The van der Waals surface area contributed by atoms with Crippen LogP contribution in [0, 0.1) is 5.82 Å². The van der Waals surface area contributed by atoms with E-state index in [4.69, 9.17) is 11.6 Å². The van der Waals surface area contributed by atoms with Crippen LogP contribution >= 0.6 is 11.6 Å². The maximum absolute atomic E-state index is 13.3. The molecule has 1 aromatic rings. The Hall–Kier alpha value is -1.13. The Morgan fingerprint density at radius 2 is 2.33 bits per heavy atom. The van der Waals surface area contributed by atoms with Gasteiger partial charge in [0, 0.05) is 13.1 Å². The van der Waals surface area contributed by atoms with Crippen LogP contribution in [-0.2, 0) is 11.3 Å². The average Bonchev–Trinajstić information content (AvgIpc) is 2.49. The number of amides is 1. The summed E-state index contributed by atoms with van der Waals surface area (Å²) in [5.41, 5.74) is 0.763. The number of hydrogen-bond acceptors (Lipinski definition) is 2. The van der Waals surface area contributed by atoms with Crippen molar-refractivity contribution in [1.82, 2.24) is 10.2 Å². The van der Waals surface area contributed by atoms with E-state index in [2.05, 4.69) is 5.32 Å². The van der Waals surface area contributed by atoms with Gasteiger partial charge in [0.1, 0.15) is 5.82 Å². The zero-order chi connectivity index (χ0) is 13.1. The van der Waals surface area contributed by atoms with Gasteiger partial charge in [-0.15, -0.1) is 0 Å². The minimum absolute atomic E-state index is 0.0582. The van der Waals surface area contributed by atoms with Gasteiger partial charge in [0.05, 0.1) is 11.1 Å². The molecule has 0 radical (unpaired) electrons. The number of carbonyl (C=O) groups excluding carboxylic acids is 1. The fraction of sp³-hybridized carbons (Fsp3) is 0.462. The number of nitrogens with zero attached hydrogens (tertiary/aromatic N) is 1. The van der Waals surface area contributed by atoms with Gasteiger partial charge in [0.25, 0.3) is 0 Å². The Morgan fingerprint density at radius 3 is 3.06 bits per heavy atom. The van der Waals surface area contributed by atoms with Gasteiger partial charge in [0.2, 0.25) is 5.91 Å². The first-order chi connectivity index (χ1) is 8.58. The quantitative estimate of drug-likeness (QED) is 0.893. The van der Waals surface area contributed by atoms with Crippen LogP contribution in [0.4, 0.5) is 4.39 Å². The van der Waals surface area contributed by atoms with Crippen molar-refractivity contribution < 1.29 is 9.18 Å². The van der Waals surface area contributed by atoms with Gasteiger partial charge in [-0.25, -0.2) is 4.39 Å². The fourth-order valence-electron chi connectivity index (χ4n) is 2.08. The van der Waals surface area contributed by atoms with E-state index in [0.717, 1.165) is 18.5 Å². The first-order valence-electron chi connectivity index (χ1n) is 6.04. The third-order valence-corrected chi connectivity index (χ3v) is 3.40. The summed E-state index contributed by atoms with van der Waals surface area (Å²) in [6.07, 6.45) is 0.909. The van der Waals surface area contributed by atoms with Crippen molar-refractivity contribution in [3.05, 3.63) is 34.6 Å². The zero-order valence-electron chi connectivity index (χ0n) is 10.2. The highest BCUT2D eigenvalue weighted by atomic mass is 35.5. The zero-order valence-corrected chi connectivity index (χ0v) is 11.0. The molecule has 5 heteroatoms. The molecule has 0 aliphatic carbocycles. The summed E-state index contributed by atoms with van der Waals surface area (Å²) in [6.45, 7) is 3.81. The van der Waals surface area contributed by atoms with Gasteiger partial charge in [0.15, 0.2) is 0 Å². The lowest BCUT2D eigenvalue weighted by atomic mass is 10.2. The molecule has 2 rings (SSSR count). The fourth-order valence-corrected chi connectivity index (χ4v) is 2.19. The minimum Gasteiger partial charge on any atom is -0.337 e. The second-order valence-electron chi connectivity index (χ2n) is 4.54. The molecule has 98 valence electrons. The van der Waals surface area contributed by atoms with Crippen molar-refractivity contribution in [2.75, 3.05) is 13.1 Å². The predicted molar refractivity (Wildman–Crippen MR) is 68.9 cm³/mol. The molecule has 0 spiro atoms. The average molecular weight is 271 g/mol. The monoisotopic (exact) mass is 270 g/mol. The number of nitrogens with one attached hydrogen (secondary N) is 1. The van der Waals surface area contributed by atoms with Crippen molar-refractivity contribution in [2.45, 2.75) is 25.9 Å². The van der Waals surface area contributed by atoms with Crippen LogP contribution in [0.25, 0.3) is 0 Å². The lowest BCUT2D eigenvalue weighted by Crippen LogP contribution is -2.41. The van der Waals surface area contributed by atoms with E-state index in [9.17, 15) is 9.18 Å². The van der Waals surface area contributed by atoms with Crippen molar-refractivity contribution in [2.24, 2.45) is 0 Å². The molecule has 1 unspecified atom stereocenters. The molecule has 1 amide bonds. The summed E-state index contributed by atoms with van der Waals surface area (Å²) in [5.74, 6) is -0.384. The van der Waals surface area contributed by atoms with Gasteiger partial charge in [-0.2, -0.15) is 0 Å². The predicted octanol–water partition coefficient (Wildman–Crippen LogP) is 2.19. The van der Waals surface area contributed by atoms with E-state index in [-0.39, 0.29) is 17.0 Å². The van der Waals surface area contributed by atoms with Crippen LogP contribution < -0.4 is 5.32 Å². The highest BCUT2D eigenvalue weighted by molar-refractivity contribution is 6.30. The van der Waals surface area contributed by atoms with Crippen molar-refractivity contribution >= 4 is 17.5 Å². The molecule has 1 fully saturated rings. The molecule has 18 heavy (non-hydrogen) atoms. The lowest BCUT2D eigenvalue weighted by Gasteiger charge is -2.22. The van der Waals surface area contributed by atoms with Crippen LogP contribution in [0.3, 0.4) is 0 Å². The van der Waals surface area contributed by atoms with Gasteiger partial charge < -0.3 is 10.2 Å². The summed E-state index contributed by atoms with van der Waals surface area (Å²) in [4.78, 5) is 13.8. The van der Waals surface area contributed by atoms with Crippen LogP contribution in [-0.4, -0.2) is 29.9 Å². The number of halogens is 2. The Bertz CT molecular complexity index is 453. The Labute approximate surface area is 111 Å². The maximum Gasteiger partial charge on any atom is 0.239 e. The summed E-state index contributed by atoms with van der Waals surface area (Å²) >= 11 is 5.64. The topological polar surface area (TPSA) is 32.3 Å². The van der Waals surface area contributed by atoms with Crippen LogP contribution in [0.15, 0.2) is 18.2 Å². The highest BCUT2D eigenvalue weighted by Crippen LogP contribution is 2.17. The highest BCUT2D eigenvalue weighted by Gasteiger charge is 2.22. The van der Waals surface area contributed by atoms with E-state index >= 15 is 0 Å². The van der Waals surface area contributed by atoms with E-state index in [1.165, 1.54) is 12.1 Å². The second-order valence-corrected chi connectivity index (χ2v) is 4.94. The van der Waals surface area contributed by atoms with Gasteiger partial charge in [-0.1, -0.05) is 17.7 Å². The Morgan fingerprint density at radius 1 is 1.56 bits per heavy atom. The lowest BCUT2D eigenvalue weighted by molar-refractivity contribution is -0.132. The van der Waals surface area contributed by atoms with Gasteiger partial charge >= 0.3 is 0 Å². The molecule has 3 nitrogen and oxygen atoms in total. The van der Waals surface area contributed by atoms with Gasteiger partial charge in [-0.05, 0) is 37.6 Å². The molecular weight excluding hydrogens is 255 g/mol. The molecule has 0 aromatic heterocycles. The third-order valence-electron chi connectivity index (χ3n) is 3.09. The Balaban J connectivity index is 2.11. The normalized spacial score (nSPS) is 20.9. The summed E-state index contributed by atoms with van der Waals surface area (Å²) in [7, 11) is 0. The molecule has 1 aliphatic heterocycles. The molecule has 1 N–H and O–H groups in total. The van der Waals surface area contributed by atoms with Crippen molar-refractivity contribution in [3.8, 4) is 0 Å². The van der Waals surface area contributed by atoms with Crippen LogP contribution in [0.5, 0.6) is 0 Å². The molecular formula is C13H16ClFN2O. The maximum atomic E-state index is 13.3. The summed E-state index contributed by atoms with van der Waals surface area (Å²) in [5, 5.41) is 3.25. The molecule has 1 saturated heterocycles. The SMILES string of the molecule is CC1NCCCN(Cc2ccc(Cl)c(F)c2)C1=O. The van der Waals surface area contributed by atoms with E-state index < -0.39 is 5.82 Å². The van der Waals surface area contributed by atoms with E-state index in [1.807, 2.05) is 6.92 Å². The smallest absolute Gasteiger partial charge is 0.239 e. The van der Waals surface area contributed by atoms with Crippen LogP contribution in [0.2, 0.25) is 5.02 Å². The van der Waals surface area contributed by atoms with Crippen molar-refractivity contribution in [1.29, 1.82) is 0 Å². The second kappa shape index (κ2) is 5.67. The number of benzene rings is 1. The van der Waals surface area contributed by atoms with Crippen molar-refractivity contribution in [3.63, 3.8) is 0 Å². The molecule has 1 aliphatic rings. The van der Waals surface area contributed by atoms with E-state index in [0.29, 0.717) is 13.1 Å². The molecule has 0 bridgehead atoms. The molecule has 0 saturated carbocycles. The van der Waals surface area contributed by atoms with Gasteiger partial charge in [-0.3, -0.25) is 4.79 Å². The number of rotatable bonds is 2. The number of carbonyl (C=O) groups is 1. The first kappa shape index (κ1) is 13.3. The molecule has 1 atom stereocenters. The number of hydrogen-bond donors (Lipinski definition) is 1. The summed E-state index contributed by atoms with van der Waals surface area (Å²) in [6, 6.07) is 4.49. The first-order valence-corrected chi connectivity index (χ1v) is 6.42. The molecule has 1 aromatic carbocycles. The standard InChI is InChI=1S/C13H16ClFN2O/c1-9-13(18)17(6-2-5-16-9)8-10-3-4-11(14)12(15)7-10/h3-4,7,9,16H,2,5-6,8H2,1H3. The molecule has 1 heterocycles. The summed E-state index contributed by atoms with van der Waals surface area (Å²) < 4.78 is 13.3. The van der Waals surface area contributed by atoms with E-state index in [1.54, 1.807) is 11.0 Å². The third kappa shape index (κ3) is 3.00. The Kier molecular flexibility index (Phi) is 4.19. The van der Waals surface area contributed by atoms with Crippen LogP contribution in [0.1, 0.15) is 18.9 Å². The minimum atomic E-state index is -0.442.